The number of benzene rings is 2. The van der Waals surface area contributed by atoms with Crippen molar-refractivity contribution in [1.82, 2.24) is 0 Å². The highest BCUT2D eigenvalue weighted by Crippen LogP contribution is 2.30. The molecule has 0 amide bonds. The molecule has 1 aliphatic rings. The van der Waals surface area contributed by atoms with E-state index in [1.165, 1.54) is 19.3 Å². The first kappa shape index (κ1) is 13.7. The molecule has 1 fully saturated rings. The number of piperidine rings is 1. The van der Waals surface area contributed by atoms with Gasteiger partial charge in [0, 0.05) is 13.1 Å². The first-order valence-electron chi connectivity index (χ1n) is 7.46. The average molecular weight is 281 g/mol. The van der Waals surface area contributed by atoms with Gasteiger partial charge in [0.1, 0.15) is 0 Å². The number of anilines is 1. The minimum absolute atomic E-state index is 0.306. The van der Waals surface area contributed by atoms with E-state index >= 15 is 0 Å². The molecule has 21 heavy (non-hydrogen) atoms. The van der Waals surface area contributed by atoms with Crippen LogP contribution in [0.25, 0.3) is 0 Å². The van der Waals surface area contributed by atoms with E-state index in [1.54, 1.807) is 12.1 Å². The predicted octanol–water partition coefficient (Wildman–Crippen LogP) is 3.90. The van der Waals surface area contributed by atoms with Crippen LogP contribution in [0.2, 0.25) is 0 Å². The Kier molecular flexibility index (Phi) is 4.20. The van der Waals surface area contributed by atoms with E-state index in [4.69, 9.17) is 4.74 Å². The SMILES string of the molecule is O=C(Oc1ccccc1N1CCCCC1)c1ccccc1. The molecule has 0 saturated carbocycles. The lowest BCUT2D eigenvalue weighted by molar-refractivity contribution is 0.0735. The molecular formula is C18H19NO2. The van der Waals surface area contributed by atoms with Gasteiger partial charge in [0.2, 0.25) is 0 Å². The molecule has 1 aliphatic heterocycles. The zero-order chi connectivity index (χ0) is 14.5. The van der Waals surface area contributed by atoms with Crippen molar-refractivity contribution in [3.63, 3.8) is 0 Å². The van der Waals surface area contributed by atoms with Crippen LogP contribution in [0, 0.1) is 0 Å². The van der Waals surface area contributed by atoms with Crippen LogP contribution in [-0.2, 0) is 0 Å². The van der Waals surface area contributed by atoms with Crippen molar-refractivity contribution >= 4 is 11.7 Å². The Hall–Kier alpha value is -2.29. The Morgan fingerprint density at radius 1 is 0.857 bits per heavy atom. The standard InChI is InChI=1S/C18H19NO2/c20-18(15-9-3-1-4-10-15)21-17-12-6-5-11-16(17)19-13-7-2-8-14-19/h1,3-6,9-12H,2,7-8,13-14H2. The van der Waals surface area contributed by atoms with Crippen LogP contribution >= 0.6 is 0 Å². The number of nitrogens with zero attached hydrogens (tertiary/aromatic N) is 1. The number of carbonyl (C=O) groups excluding carboxylic acids is 1. The van der Waals surface area contributed by atoms with Gasteiger partial charge in [0.25, 0.3) is 0 Å². The minimum Gasteiger partial charge on any atom is -0.421 e. The van der Waals surface area contributed by atoms with Gasteiger partial charge in [-0.2, -0.15) is 0 Å². The van der Waals surface area contributed by atoms with Crippen LogP contribution in [0.15, 0.2) is 54.6 Å². The van der Waals surface area contributed by atoms with Gasteiger partial charge in [-0.15, -0.1) is 0 Å². The number of carbonyl (C=O) groups is 1. The van der Waals surface area contributed by atoms with E-state index in [-0.39, 0.29) is 5.97 Å². The van der Waals surface area contributed by atoms with Crippen molar-refractivity contribution < 1.29 is 9.53 Å². The van der Waals surface area contributed by atoms with E-state index < -0.39 is 0 Å². The normalized spacial score (nSPS) is 14.8. The van der Waals surface area contributed by atoms with Crippen LogP contribution in [0.5, 0.6) is 5.75 Å². The molecule has 3 nitrogen and oxygen atoms in total. The van der Waals surface area contributed by atoms with Gasteiger partial charge in [-0.05, 0) is 43.5 Å². The first-order chi connectivity index (χ1) is 10.3. The third kappa shape index (κ3) is 3.24. The molecule has 0 N–H and O–H groups in total. The van der Waals surface area contributed by atoms with Crippen molar-refractivity contribution in [2.45, 2.75) is 19.3 Å². The molecule has 0 spiro atoms. The van der Waals surface area contributed by atoms with E-state index in [0.29, 0.717) is 11.3 Å². The smallest absolute Gasteiger partial charge is 0.343 e. The summed E-state index contributed by atoms with van der Waals surface area (Å²) in [5.41, 5.74) is 1.59. The van der Waals surface area contributed by atoms with Crippen molar-refractivity contribution in [3.05, 3.63) is 60.2 Å². The molecule has 0 atom stereocenters. The van der Waals surface area contributed by atoms with E-state index in [9.17, 15) is 4.79 Å². The van der Waals surface area contributed by atoms with E-state index in [0.717, 1.165) is 18.8 Å². The summed E-state index contributed by atoms with van der Waals surface area (Å²) in [6.45, 7) is 2.06. The molecule has 0 radical (unpaired) electrons. The molecule has 0 bridgehead atoms. The molecule has 1 saturated heterocycles. The predicted molar refractivity (Wildman–Crippen MR) is 83.9 cm³/mol. The monoisotopic (exact) mass is 281 g/mol. The van der Waals surface area contributed by atoms with Crippen molar-refractivity contribution in [2.75, 3.05) is 18.0 Å². The minimum atomic E-state index is -0.306. The second kappa shape index (κ2) is 6.44. The summed E-state index contributed by atoms with van der Waals surface area (Å²) in [7, 11) is 0. The summed E-state index contributed by atoms with van der Waals surface area (Å²) < 4.78 is 5.60. The molecule has 0 aliphatic carbocycles. The summed E-state index contributed by atoms with van der Waals surface area (Å²) in [6.07, 6.45) is 3.67. The third-order valence-electron chi connectivity index (χ3n) is 3.77. The molecule has 2 aromatic rings. The van der Waals surface area contributed by atoms with Crippen molar-refractivity contribution in [2.24, 2.45) is 0 Å². The lowest BCUT2D eigenvalue weighted by atomic mass is 10.1. The number of para-hydroxylation sites is 2. The first-order valence-corrected chi connectivity index (χ1v) is 7.46. The summed E-state index contributed by atoms with van der Waals surface area (Å²) in [6, 6.07) is 16.9. The fourth-order valence-electron chi connectivity index (χ4n) is 2.67. The quantitative estimate of drug-likeness (QED) is 0.631. The van der Waals surface area contributed by atoms with Crippen LogP contribution in [0.3, 0.4) is 0 Å². The van der Waals surface area contributed by atoms with Gasteiger partial charge in [0.05, 0.1) is 11.3 Å². The van der Waals surface area contributed by atoms with Gasteiger partial charge >= 0.3 is 5.97 Å². The molecule has 0 unspecified atom stereocenters. The van der Waals surface area contributed by atoms with E-state index in [2.05, 4.69) is 4.90 Å². The molecule has 3 rings (SSSR count). The third-order valence-corrected chi connectivity index (χ3v) is 3.77. The summed E-state index contributed by atoms with van der Waals surface area (Å²) in [5, 5.41) is 0. The molecule has 3 heteroatoms. The molecular weight excluding hydrogens is 262 g/mol. The highest BCUT2D eigenvalue weighted by atomic mass is 16.5. The number of hydrogen-bond acceptors (Lipinski definition) is 3. The number of rotatable bonds is 3. The Morgan fingerprint density at radius 2 is 1.52 bits per heavy atom. The van der Waals surface area contributed by atoms with Gasteiger partial charge in [-0.25, -0.2) is 4.79 Å². The van der Waals surface area contributed by atoms with Crippen molar-refractivity contribution in [3.8, 4) is 5.75 Å². The largest absolute Gasteiger partial charge is 0.421 e. The highest BCUT2D eigenvalue weighted by Gasteiger charge is 2.17. The number of ether oxygens (including phenoxy) is 1. The highest BCUT2D eigenvalue weighted by molar-refractivity contribution is 5.91. The second-order valence-corrected chi connectivity index (χ2v) is 5.27. The molecule has 108 valence electrons. The topological polar surface area (TPSA) is 29.5 Å². The zero-order valence-electron chi connectivity index (χ0n) is 12.0. The Morgan fingerprint density at radius 3 is 2.29 bits per heavy atom. The van der Waals surface area contributed by atoms with Crippen LogP contribution < -0.4 is 9.64 Å². The Bertz CT molecular complexity index is 604. The van der Waals surface area contributed by atoms with Gasteiger partial charge in [-0.1, -0.05) is 30.3 Å². The summed E-state index contributed by atoms with van der Waals surface area (Å²) in [5.74, 6) is 0.341. The van der Waals surface area contributed by atoms with Gasteiger partial charge in [-0.3, -0.25) is 0 Å². The molecule has 2 aromatic carbocycles. The van der Waals surface area contributed by atoms with Crippen LogP contribution in [0.1, 0.15) is 29.6 Å². The van der Waals surface area contributed by atoms with Gasteiger partial charge in [0.15, 0.2) is 5.75 Å². The fourth-order valence-corrected chi connectivity index (χ4v) is 2.67. The lowest BCUT2D eigenvalue weighted by Crippen LogP contribution is -2.30. The summed E-state index contributed by atoms with van der Waals surface area (Å²) >= 11 is 0. The number of esters is 1. The van der Waals surface area contributed by atoms with E-state index in [1.807, 2.05) is 42.5 Å². The second-order valence-electron chi connectivity index (χ2n) is 5.27. The molecule has 0 aromatic heterocycles. The zero-order valence-corrected chi connectivity index (χ0v) is 12.0. The van der Waals surface area contributed by atoms with Gasteiger partial charge < -0.3 is 9.64 Å². The van der Waals surface area contributed by atoms with Crippen LogP contribution in [-0.4, -0.2) is 19.1 Å². The lowest BCUT2D eigenvalue weighted by Gasteiger charge is -2.29. The fraction of sp³-hybridized carbons (Fsp3) is 0.278. The average Bonchev–Trinajstić information content (AvgIpc) is 2.57. The number of hydrogen-bond donors (Lipinski definition) is 0. The maximum Gasteiger partial charge on any atom is 0.343 e. The van der Waals surface area contributed by atoms with Crippen molar-refractivity contribution in [1.29, 1.82) is 0 Å². The maximum absolute atomic E-state index is 12.2. The maximum atomic E-state index is 12.2. The van der Waals surface area contributed by atoms with Crippen LogP contribution in [0.4, 0.5) is 5.69 Å². The Labute approximate surface area is 125 Å². The summed E-state index contributed by atoms with van der Waals surface area (Å²) in [4.78, 5) is 14.5. The molecule has 1 heterocycles. The Balaban J connectivity index is 1.80.